The first-order valence-electron chi connectivity index (χ1n) is 7.58. The van der Waals surface area contributed by atoms with Crippen LogP contribution in [0.25, 0.3) is 0 Å². The lowest BCUT2D eigenvalue weighted by Gasteiger charge is -2.33. The second kappa shape index (κ2) is 6.31. The summed E-state index contributed by atoms with van der Waals surface area (Å²) in [5.41, 5.74) is 0.919. The lowest BCUT2D eigenvalue weighted by atomic mass is 9.99. The van der Waals surface area contributed by atoms with Gasteiger partial charge >= 0.3 is 0 Å². The van der Waals surface area contributed by atoms with E-state index in [2.05, 4.69) is 20.5 Å². The third kappa shape index (κ3) is 3.36. The number of anilines is 1. The van der Waals surface area contributed by atoms with Gasteiger partial charge in [-0.2, -0.15) is 5.10 Å². The number of aryl methyl sites for hydroxylation is 2. The highest BCUT2D eigenvalue weighted by Crippen LogP contribution is 2.30. The van der Waals surface area contributed by atoms with Crippen LogP contribution in [0.3, 0.4) is 0 Å². The molecule has 1 atom stereocenters. The molecule has 0 aliphatic carbocycles. The highest BCUT2D eigenvalue weighted by molar-refractivity contribution is 5.91. The molecule has 1 saturated heterocycles. The SMILES string of the molecule is Cc1cc(C2CCCCN2CC(=O)Nc2ccn(C)n2)no1. The molecule has 118 valence electrons. The summed E-state index contributed by atoms with van der Waals surface area (Å²) in [6.07, 6.45) is 5.06. The Bertz CT molecular complexity index is 648. The molecular formula is C15H21N5O2. The number of rotatable bonds is 4. The van der Waals surface area contributed by atoms with Crippen molar-refractivity contribution in [2.75, 3.05) is 18.4 Å². The maximum Gasteiger partial charge on any atom is 0.239 e. The summed E-state index contributed by atoms with van der Waals surface area (Å²) in [7, 11) is 1.82. The normalized spacial score (nSPS) is 19.3. The van der Waals surface area contributed by atoms with Crippen molar-refractivity contribution in [2.24, 2.45) is 7.05 Å². The van der Waals surface area contributed by atoms with Crippen LogP contribution >= 0.6 is 0 Å². The summed E-state index contributed by atoms with van der Waals surface area (Å²) in [5.74, 6) is 1.34. The first-order chi connectivity index (χ1) is 10.6. The van der Waals surface area contributed by atoms with Gasteiger partial charge in [-0.15, -0.1) is 0 Å². The fourth-order valence-electron chi connectivity index (χ4n) is 2.91. The lowest BCUT2D eigenvalue weighted by molar-refractivity contribution is -0.118. The molecule has 3 rings (SSSR count). The molecule has 1 unspecified atom stereocenters. The zero-order valence-corrected chi connectivity index (χ0v) is 13.0. The van der Waals surface area contributed by atoms with Crippen molar-refractivity contribution in [1.29, 1.82) is 0 Å². The molecule has 7 nitrogen and oxygen atoms in total. The van der Waals surface area contributed by atoms with Crippen molar-refractivity contribution >= 4 is 11.7 Å². The quantitative estimate of drug-likeness (QED) is 0.933. The van der Waals surface area contributed by atoms with Crippen LogP contribution in [0, 0.1) is 6.92 Å². The first kappa shape index (κ1) is 14.8. The molecule has 2 aromatic rings. The Labute approximate surface area is 129 Å². The minimum Gasteiger partial charge on any atom is -0.361 e. The molecule has 7 heteroatoms. The number of piperidine rings is 1. The number of nitrogens with one attached hydrogen (secondary N) is 1. The molecule has 3 heterocycles. The van der Waals surface area contributed by atoms with Crippen LogP contribution in [0.15, 0.2) is 22.9 Å². The molecule has 1 aliphatic heterocycles. The topological polar surface area (TPSA) is 76.2 Å². The van der Waals surface area contributed by atoms with Crippen LogP contribution < -0.4 is 5.32 Å². The van der Waals surface area contributed by atoms with Crippen molar-refractivity contribution in [1.82, 2.24) is 19.8 Å². The van der Waals surface area contributed by atoms with Crippen LogP contribution in [0.5, 0.6) is 0 Å². The van der Waals surface area contributed by atoms with E-state index in [9.17, 15) is 4.79 Å². The van der Waals surface area contributed by atoms with Gasteiger partial charge in [0.15, 0.2) is 5.82 Å². The van der Waals surface area contributed by atoms with Gasteiger partial charge in [-0.05, 0) is 26.3 Å². The number of likely N-dealkylation sites (tertiary alicyclic amines) is 1. The summed E-state index contributed by atoms with van der Waals surface area (Å²) in [5, 5.41) is 11.1. The van der Waals surface area contributed by atoms with E-state index in [4.69, 9.17) is 4.52 Å². The average Bonchev–Trinajstić information content (AvgIpc) is 3.08. The van der Waals surface area contributed by atoms with Gasteiger partial charge < -0.3 is 9.84 Å². The molecule has 0 bridgehead atoms. The van der Waals surface area contributed by atoms with Crippen LogP contribution in [0.1, 0.15) is 36.8 Å². The van der Waals surface area contributed by atoms with Crippen molar-refractivity contribution in [3.63, 3.8) is 0 Å². The minimum atomic E-state index is -0.0502. The third-order valence-electron chi connectivity index (χ3n) is 3.93. The fraction of sp³-hybridized carbons (Fsp3) is 0.533. The van der Waals surface area contributed by atoms with E-state index in [1.54, 1.807) is 16.9 Å². The Hall–Kier alpha value is -2.15. The van der Waals surface area contributed by atoms with Crippen molar-refractivity contribution in [3.05, 3.63) is 29.8 Å². The molecule has 0 aromatic carbocycles. The monoisotopic (exact) mass is 303 g/mol. The van der Waals surface area contributed by atoms with E-state index in [0.29, 0.717) is 12.4 Å². The summed E-state index contributed by atoms with van der Waals surface area (Å²) in [6.45, 7) is 3.12. The molecule has 22 heavy (non-hydrogen) atoms. The van der Waals surface area contributed by atoms with E-state index in [1.807, 2.05) is 20.0 Å². The number of carbonyl (C=O) groups is 1. The predicted octanol–water partition coefficient (Wildman–Crippen LogP) is 1.88. The van der Waals surface area contributed by atoms with E-state index < -0.39 is 0 Å². The average molecular weight is 303 g/mol. The highest BCUT2D eigenvalue weighted by Gasteiger charge is 2.28. The van der Waals surface area contributed by atoms with Gasteiger partial charge in [-0.3, -0.25) is 14.4 Å². The Morgan fingerprint density at radius 3 is 3.05 bits per heavy atom. The zero-order valence-electron chi connectivity index (χ0n) is 13.0. The van der Waals surface area contributed by atoms with Gasteiger partial charge in [-0.25, -0.2) is 0 Å². The first-order valence-corrected chi connectivity index (χ1v) is 7.58. The second-order valence-corrected chi connectivity index (χ2v) is 5.77. The van der Waals surface area contributed by atoms with Crippen LogP contribution in [0.2, 0.25) is 0 Å². The van der Waals surface area contributed by atoms with Gasteiger partial charge in [0.2, 0.25) is 5.91 Å². The Balaban J connectivity index is 1.64. The number of hydrogen-bond donors (Lipinski definition) is 1. The minimum absolute atomic E-state index is 0.0502. The van der Waals surface area contributed by atoms with E-state index in [0.717, 1.165) is 37.3 Å². The highest BCUT2D eigenvalue weighted by atomic mass is 16.5. The molecule has 1 amide bonds. The maximum absolute atomic E-state index is 12.2. The summed E-state index contributed by atoms with van der Waals surface area (Å²) in [6, 6.07) is 3.90. The Kier molecular flexibility index (Phi) is 4.24. The standard InChI is InChI=1S/C15H21N5O2/c1-11-9-12(18-22-11)13-5-3-4-7-20(13)10-15(21)16-14-6-8-19(2)17-14/h6,8-9,13H,3-5,7,10H2,1-2H3,(H,16,17,21). The van der Waals surface area contributed by atoms with Gasteiger partial charge in [0, 0.05) is 25.4 Å². The number of aromatic nitrogens is 3. The molecule has 1 N–H and O–H groups in total. The fourth-order valence-corrected chi connectivity index (χ4v) is 2.91. The van der Waals surface area contributed by atoms with Gasteiger partial charge in [0.05, 0.1) is 12.6 Å². The van der Waals surface area contributed by atoms with Crippen LogP contribution in [0.4, 0.5) is 5.82 Å². The number of carbonyl (C=O) groups excluding carboxylic acids is 1. The number of amides is 1. The summed E-state index contributed by atoms with van der Waals surface area (Å²) < 4.78 is 6.84. The smallest absolute Gasteiger partial charge is 0.239 e. The molecule has 0 radical (unpaired) electrons. The summed E-state index contributed by atoms with van der Waals surface area (Å²) >= 11 is 0. The van der Waals surface area contributed by atoms with E-state index in [1.165, 1.54) is 0 Å². The predicted molar refractivity (Wildman–Crippen MR) is 81.2 cm³/mol. The van der Waals surface area contributed by atoms with Gasteiger partial charge in [0.1, 0.15) is 11.5 Å². The third-order valence-corrected chi connectivity index (χ3v) is 3.93. The van der Waals surface area contributed by atoms with E-state index >= 15 is 0 Å². The van der Waals surface area contributed by atoms with Gasteiger partial charge in [0.25, 0.3) is 0 Å². The summed E-state index contributed by atoms with van der Waals surface area (Å²) in [4.78, 5) is 14.4. The van der Waals surface area contributed by atoms with Crippen molar-refractivity contribution < 1.29 is 9.32 Å². The molecule has 1 aliphatic rings. The van der Waals surface area contributed by atoms with Crippen LogP contribution in [-0.4, -0.2) is 38.8 Å². The second-order valence-electron chi connectivity index (χ2n) is 5.77. The molecular weight excluding hydrogens is 282 g/mol. The molecule has 0 spiro atoms. The maximum atomic E-state index is 12.2. The molecule has 0 saturated carbocycles. The molecule has 1 fully saturated rings. The van der Waals surface area contributed by atoms with Crippen LogP contribution in [-0.2, 0) is 11.8 Å². The molecule has 2 aromatic heterocycles. The Morgan fingerprint density at radius 2 is 2.36 bits per heavy atom. The number of nitrogens with zero attached hydrogens (tertiary/aromatic N) is 4. The Morgan fingerprint density at radius 1 is 1.50 bits per heavy atom. The van der Waals surface area contributed by atoms with Crippen molar-refractivity contribution in [2.45, 2.75) is 32.2 Å². The van der Waals surface area contributed by atoms with Gasteiger partial charge in [-0.1, -0.05) is 11.6 Å². The zero-order chi connectivity index (χ0) is 15.5. The van der Waals surface area contributed by atoms with E-state index in [-0.39, 0.29) is 11.9 Å². The largest absolute Gasteiger partial charge is 0.361 e. The van der Waals surface area contributed by atoms with Crippen molar-refractivity contribution in [3.8, 4) is 0 Å². The number of hydrogen-bond acceptors (Lipinski definition) is 5. The lowest BCUT2D eigenvalue weighted by Crippen LogP contribution is -2.39.